The van der Waals surface area contributed by atoms with E-state index in [1.165, 1.54) is 0 Å². The van der Waals surface area contributed by atoms with Gasteiger partial charge >= 0.3 is 6.18 Å². The molecule has 116 valence electrons. The molecule has 0 fully saturated rings. The summed E-state index contributed by atoms with van der Waals surface area (Å²) in [6.45, 7) is 2.05. The molecule has 0 radical (unpaired) electrons. The Balaban J connectivity index is 2.15. The van der Waals surface area contributed by atoms with Crippen molar-refractivity contribution in [2.75, 3.05) is 5.75 Å². The van der Waals surface area contributed by atoms with E-state index in [0.717, 1.165) is 28.5 Å². The van der Waals surface area contributed by atoms with Crippen LogP contribution in [0.1, 0.15) is 12.5 Å². The van der Waals surface area contributed by atoms with E-state index >= 15 is 0 Å². The number of thioether (sulfide) groups is 1. The van der Waals surface area contributed by atoms with Gasteiger partial charge in [-0.15, -0.1) is 11.8 Å². The van der Waals surface area contributed by atoms with Gasteiger partial charge in [-0.3, -0.25) is 0 Å². The molecule has 0 atom stereocenters. The third kappa shape index (κ3) is 2.61. The van der Waals surface area contributed by atoms with Crippen LogP contribution in [0.15, 0.2) is 27.9 Å². The van der Waals surface area contributed by atoms with Crippen LogP contribution in [0.2, 0.25) is 0 Å². The zero-order chi connectivity index (χ0) is 15.9. The first-order valence-corrected chi connectivity index (χ1v) is 8.43. The van der Waals surface area contributed by atoms with Gasteiger partial charge in [0.2, 0.25) is 0 Å². The van der Waals surface area contributed by atoms with Crippen molar-refractivity contribution in [3.63, 3.8) is 0 Å². The van der Waals surface area contributed by atoms with Gasteiger partial charge in [0.1, 0.15) is 11.3 Å². The van der Waals surface area contributed by atoms with Gasteiger partial charge in [0.25, 0.3) is 0 Å². The third-order valence-corrected chi connectivity index (χ3v) is 5.03. The average Bonchev–Trinajstić information content (AvgIpc) is 3.03. The molecular formula is C14H12F3N3S2. The normalized spacial score (nSPS) is 12.2. The van der Waals surface area contributed by atoms with E-state index < -0.39 is 11.7 Å². The Morgan fingerprint density at radius 2 is 2.09 bits per heavy atom. The van der Waals surface area contributed by atoms with Gasteiger partial charge in [0, 0.05) is 34.5 Å². The minimum Gasteiger partial charge on any atom is -0.312 e. The van der Waals surface area contributed by atoms with E-state index in [0.29, 0.717) is 11.5 Å². The molecular weight excluding hydrogens is 331 g/mol. The van der Waals surface area contributed by atoms with Gasteiger partial charge < -0.3 is 4.57 Å². The van der Waals surface area contributed by atoms with Crippen molar-refractivity contribution in [1.29, 1.82) is 0 Å². The Morgan fingerprint density at radius 3 is 2.77 bits per heavy atom. The van der Waals surface area contributed by atoms with Crippen LogP contribution in [0, 0.1) is 0 Å². The number of thiophene rings is 1. The maximum absolute atomic E-state index is 12.8. The summed E-state index contributed by atoms with van der Waals surface area (Å²) < 4.78 is 40.1. The van der Waals surface area contributed by atoms with Crippen LogP contribution in [0.3, 0.4) is 0 Å². The van der Waals surface area contributed by atoms with Gasteiger partial charge in [-0.05, 0) is 11.8 Å². The van der Waals surface area contributed by atoms with Crippen molar-refractivity contribution in [2.45, 2.75) is 18.0 Å². The molecule has 0 spiro atoms. The molecule has 0 aliphatic carbocycles. The van der Waals surface area contributed by atoms with Crippen LogP contribution < -0.4 is 0 Å². The highest BCUT2D eigenvalue weighted by Crippen LogP contribution is 2.36. The SMILES string of the molecule is CCSc1cscc1-c1nc2cc(C(F)(F)F)cnc2n1C. The molecule has 0 unspecified atom stereocenters. The summed E-state index contributed by atoms with van der Waals surface area (Å²) in [5, 5.41) is 3.99. The van der Waals surface area contributed by atoms with Crippen molar-refractivity contribution in [2.24, 2.45) is 7.05 Å². The fourth-order valence-corrected chi connectivity index (χ4v) is 4.00. The number of rotatable bonds is 3. The lowest BCUT2D eigenvalue weighted by atomic mass is 10.2. The van der Waals surface area contributed by atoms with Crippen LogP contribution in [0.5, 0.6) is 0 Å². The van der Waals surface area contributed by atoms with Crippen LogP contribution in [-0.4, -0.2) is 20.3 Å². The molecule has 0 saturated heterocycles. The van der Waals surface area contributed by atoms with Gasteiger partial charge in [0.05, 0.1) is 5.56 Å². The lowest BCUT2D eigenvalue weighted by Gasteiger charge is -2.05. The fourth-order valence-electron chi connectivity index (χ4n) is 2.19. The zero-order valence-electron chi connectivity index (χ0n) is 11.8. The van der Waals surface area contributed by atoms with Gasteiger partial charge in [-0.1, -0.05) is 6.92 Å². The van der Waals surface area contributed by atoms with Crippen LogP contribution in [0.25, 0.3) is 22.6 Å². The molecule has 3 aromatic rings. The predicted octanol–water partition coefficient (Wildman–Crippen LogP) is 4.83. The molecule has 0 saturated carbocycles. The van der Waals surface area contributed by atoms with Crippen LogP contribution >= 0.6 is 23.1 Å². The third-order valence-electron chi connectivity index (χ3n) is 3.20. The lowest BCUT2D eigenvalue weighted by Crippen LogP contribution is -2.05. The number of alkyl halides is 3. The maximum Gasteiger partial charge on any atom is 0.417 e. The Kier molecular flexibility index (Phi) is 3.90. The number of hydrogen-bond acceptors (Lipinski definition) is 4. The number of aryl methyl sites for hydroxylation is 1. The fraction of sp³-hybridized carbons (Fsp3) is 0.286. The molecule has 0 aliphatic rings. The summed E-state index contributed by atoms with van der Waals surface area (Å²) in [5.74, 6) is 1.56. The van der Waals surface area contributed by atoms with E-state index in [4.69, 9.17) is 0 Å². The Hall–Kier alpha value is -1.54. The second kappa shape index (κ2) is 5.58. The molecule has 3 nitrogen and oxygen atoms in total. The van der Waals surface area contributed by atoms with Crippen molar-refractivity contribution >= 4 is 34.3 Å². The number of aromatic nitrogens is 3. The first kappa shape index (κ1) is 15.4. The predicted molar refractivity (Wildman–Crippen MR) is 83.2 cm³/mol. The second-order valence-corrected chi connectivity index (χ2v) is 6.69. The lowest BCUT2D eigenvalue weighted by molar-refractivity contribution is -0.137. The molecule has 0 aliphatic heterocycles. The highest BCUT2D eigenvalue weighted by atomic mass is 32.2. The maximum atomic E-state index is 12.8. The summed E-state index contributed by atoms with van der Waals surface area (Å²) in [5.41, 5.74) is 0.858. The molecule has 22 heavy (non-hydrogen) atoms. The van der Waals surface area contributed by atoms with Crippen molar-refractivity contribution in [3.05, 3.63) is 28.6 Å². The Labute approximate surface area is 133 Å². The minimum atomic E-state index is -4.41. The smallest absolute Gasteiger partial charge is 0.312 e. The van der Waals surface area contributed by atoms with Crippen molar-refractivity contribution < 1.29 is 13.2 Å². The molecule has 8 heteroatoms. The van der Waals surface area contributed by atoms with E-state index in [1.807, 2.05) is 10.8 Å². The van der Waals surface area contributed by atoms with Gasteiger partial charge in [0.15, 0.2) is 5.65 Å². The van der Waals surface area contributed by atoms with Gasteiger partial charge in [-0.25, -0.2) is 9.97 Å². The van der Waals surface area contributed by atoms with E-state index in [1.54, 1.807) is 34.7 Å². The van der Waals surface area contributed by atoms with Crippen molar-refractivity contribution in [3.8, 4) is 11.4 Å². The van der Waals surface area contributed by atoms with E-state index in [-0.39, 0.29) is 5.52 Å². The highest BCUT2D eigenvalue weighted by Gasteiger charge is 2.31. The summed E-state index contributed by atoms with van der Waals surface area (Å²) in [6, 6.07) is 1.05. The first-order valence-electron chi connectivity index (χ1n) is 6.51. The Morgan fingerprint density at radius 1 is 1.32 bits per heavy atom. The summed E-state index contributed by atoms with van der Waals surface area (Å²) in [4.78, 5) is 9.38. The van der Waals surface area contributed by atoms with E-state index in [9.17, 15) is 13.2 Å². The molecule has 3 rings (SSSR count). The topological polar surface area (TPSA) is 30.7 Å². The largest absolute Gasteiger partial charge is 0.417 e. The second-order valence-electron chi connectivity index (χ2n) is 4.64. The first-order chi connectivity index (χ1) is 10.4. The van der Waals surface area contributed by atoms with Crippen LogP contribution in [-0.2, 0) is 13.2 Å². The monoisotopic (exact) mass is 343 g/mol. The number of pyridine rings is 1. The molecule has 0 aromatic carbocycles. The number of nitrogens with zero attached hydrogens (tertiary/aromatic N) is 3. The molecule has 0 bridgehead atoms. The summed E-state index contributed by atoms with van der Waals surface area (Å²) in [7, 11) is 1.77. The van der Waals surface area contributed by atoms with Crippen LogP contribution in [0.4, 0.5) is 13.2 Å². The summed E-state index contributed by atoms with van der Waals surface area (Å²) >= 11 is 3.24. The molecule has 3 aromatic heterocycles. The molecule has 0 N–H and O–H groups in total. The number of hydrogen-bond donors (Lipinski definition) is 0. The average molecular weight is 343 g/mol. The summed E-state index contributed by atoms with van der Waals surface area (Å²) in [6.07, 6.45) is -3.56. The molecule has 3 heterocycles. The minimum absolute atomic E-state index is 0.256. The zero-order valence-corrected chi connectivity index (χ0v) is 13.4. The standard InChI is InChI=1S/C14H12F3N3S2/c1-3-22-11-7-21-6-9(11)12-19-10-4-8(14(15,16)17)5-18-13(10)20(12)2/h4-7H,3H2,1-2H3. The quantitative estimate of drug-likeness (QED) is 0.638. The number of imidazole rings is 1. The number of halogens is 3. The Bertz CT molecular complexity index is 820. The van der Waals surface area contributed by atoms with Crippen molar-refractivity contribution in [1.82, 2.24) is 14.5 Å². The number of fused-ring (bicyclic) bond motifs is 1. The van der Waals surface area contributed by atoms with E-state index in [2.05, 4.69) is 16.9 Å². The molecule has 0 amide bonds. The highest BCUT2D eigenvalue weighted by molar-refractivity contribution is 7.99. The van der Waals surface area contributed by atoms with Gasteiger partial charge in [-0.2, -0.15) is 24.5 Å².